The van der Waals surface area contributed by atoms with E-state index < -0.39 is 0 Å². The summed E-state index contributed by atoms with van der Waals surface area (Å²) in [7, 11) is 0. The van der Waals surface area contributed by atoms with Crippen molar-refractivity contribution in [3.8, 4) is 22.8 Å². The molecular weight excluding hydrogens is 274 g/mol. The molecular formula is C18H19N3O. The molecule has 0 radical (unpaired) electrons. The van der Waals surface area contributed by atoms with Gasteiger partial charge in [-0.1, -0.05) is 51.1 Å². The number of hydrogen-bond acceptors (Lipinski definition) is 3. The molecule has 0 aliphatic carbocycles. The molecule has 1 N–H and O–H groups in total. The lowest BCUT2D eigenvalue weighted by Gasteiger charge is -2.19. The number of aromatic nitrogens is 3. The van der Waals surface area contributed by atoms with Gasteiger partial charge in [-0.15, -0.1) is 0 Å². The first kappa shape index (κ1) is 14.3. The Bertz CT molecular complexity index is 783. The summed E-state index contributed by atoms with van der Waals surface area (Å²) in [4.78, 5) is 4.35. The molecule has 4 nitrogen and oxygen atoms in total. The summed E-state index contributed by atoms with van der Waals surface area (Å²) in [6.45, 7) is 6.58. The van der Waals surface area contributed by atoms with Crippen molar-refractivity contribution in [3.05, 3.63) is 60.4 Å². The smallest absolute Gasteiger partial charge is 0.163 e. The second kappa shape index (κ2) is 5.30. The standard InChI is InChI=1S/C18H19N3O/c1-18(2,3)14-9-7-13(8-10-14)17-19-12-20-21(17)15-5-4-6-16(22)11-15/h4-12,22H,1-3H3. The number of benzene rings is 2. The van der Waals surface area contributed by atoms with Crippen molar-refractivity contribution in [1.29, 1.82) is 0 Å². The van der Waals surface area contributed by atoms with Crippen LogP contribution in [0, 0.1) is 0 Å². The van der Waals surface area contributed by atoms with E-state index in [1.165, 1.54) is 11.9 Å². The molecule has 0 saturated carbocycles. The molecule has 1 aromatic heterocycles. The lowest BCUT2D eigenvalue weighted by molar-refractivity contribution is 0.475. The molecule has 0 atom stereocenters. The van der Waals surface area contributed by atoms with E-state index in [0.717, 1.165) is 17.1 Å². The highest BCUT2D eigenvalue weighted by Crippen LogP contribution is 2.26. The van der Waals surface area contributed by atoms with Crippen LogP contribution in [0.1, 0.15) is 26.3 Å². The van der Waals surface area contributed by atoms with Crippen LogP contribution in [-0.2, 0) is 5.41 Å². The summed E-state index contributed by atoms with van der Waals surface area (Å²) < 4.78 is 1.73. The fourth-order valence-electron chi connectivity index (χ4n) is 2.37. The Labute approximate surface area is 130 Å². The molecule has 0 saturated heterocycles. The number of phenols is 1. The predicted octanol–water partition coefficient (Wildman–Crippen LogP) is 3.94. The van der Waals surface area contributed by atoms with E-state index in [9.17, 15) is 5.11 Å². The molecule has 3 rings (SSSR count). The fourth-order valence-corrected chi connectivity index (χ4v) is 2.37. The van der Waals surface area contributed by atoms with E-state index in [-0.39, 0.29) is 11.2 Å². The average Bonchev–Trinajstić information content (AvgIpc) is 2.96. The summed E-state index contributed by atoms with van der Waals surface area (Å²) in [5, 5.41) is 13.9. The molecule has 0 fully saturated rings. The van der Waals surface area contributed by atoms with Crippen molar-refractivity contribution in [3.63, 3.8) is 0 Å². The molecule has 22 heavy (non-hydrogen) atoms. The maximum Gasteiger partial charge on any atom is 0.163 e. The Morgan fingerprint density at radius 1 is 1.00 bits per heavy atom. The van der Waals surface area contributed by atoms with Crippen LogP contribution < -0.4 is 0 Å². The van der Waals surface area contributed by atoms with Gasteiger partial charge in [0.25, 0.3) is 0 Å². The largest absolute Gasteiger partial charge is 0.508 e. The topological polar surface area (TPSA) is 50.9 Å². The molecule has 112 valence electrons. The number of rotatable bonds is 2. The van der Waals surface area contributed by atoms with Gasteiger partial charge in [-0.3, -0.25) is 0 Å². The van der Waals surface area contributed by atoms with E-state index in [0.29, 0.717) is 0 Å². The van der Waals surface area contributed by atoms with Crippen molar-refractivity contribution in [2.75, 3.05) is 0 Å². The van der Waals surface area contributed by atoms with Gasteiger partial charge >= 0.3 is 0 Å². The maximum absolute atomic E-state index is 9.64. The van der Waals surface area contributed by atoms with Gasteiger partial charge in [0, 0.05) is 11.6 Å². The maximum atomic E-state index is 9.64. The van der Waals surface area contributed by atoms with Crippen LogP contribution in [0.15, 0.2) is 54.9 Å². The lowest BCUT2D eigenvalue weighted by Crippen LogP contribution is -2.10. The number of phenolic OH excluding ortho intramolecular Hbond substituents is 1. The first-order chi connectivity index (χ1) is 10.4. The van der Waals surface area contributed by atoms with Crippen molar-refractivity contribution < 1.29 is 5.11 Å². The third-order valence-corrected chi connectivity index (χ3v) is 3.63. The van der Waals surface area contributed by atoms with Crippen molar-refractivity contribution in [1.82, 2.24) is 14.8 Å². The van der Waals surface area contributed by atoms with Crippen LogP contribution in [0.3, 0.4) is 0 Å². The molecule has 0 bridgehead atoms. The van der Waals surface area contributed by atoms with Crippen LogP contribution in [0.4, 0.5) is 0 Å². The Kier molecular flexibility index (Phi) is 3.45. The molecule has 0 aliphatic rings. The van der Waals surface area contributed by atoms with Crippen LogP contribution in [0.5, 0.6) is 5.75 Å². The third-order valence-electron chi connectivity index (χ3n) is 3.63. The molecule has 0 aliphatic heterocycles. The molecule has 3 aromatic rings. The molecule has 1 heterocycles. The van der Waals surface area contributed by atoms with Crippen LogP contribution in [0.25, 0.3) is 17.1 Å². The average molecular weight is 293 g/mol. The van der Waals surface area contributed by atoms with Crippen LogP contribution >= 0.6 is 0 Å². The summed E-state index contributed by atoms with van der Waals surface area (Å²) in [5.41, 5.74) is 3.18. The number of nitrogens with zero attached hydrogens (tertiary/aromatic N) is 3. The fraction of sp³-hybridized carbons (Fsp3) is 0.222. The van der Waals surface area contributed by atoms with Crippen LogP contribution in [-0.4, -0.2) is 19.9 Å². The van der Waals surface area contributed by atoms with Gasteiger partial charge in [0.15, 0.2) is 5.82 Å². The van der Waals surface area contributed by atoms with Gasteiger partial charge < -0.3 is 5.11 Å². The van der Waals surface area contributed by atoms with E-state index in [1.54, 1.807) is 22.9 Å². The predicted molar refractivity (Wildman–Crippen MR) is 87.2 cm³/mol. The summed E-state index contributed by atoms with van der Waals surface area (Å²) in [6, 6.07) is 15.3. The van der Waals surface area contributed by atoms with Crippen molar-refractivity contribution in [2.24, 2.45) is 0 Å². The van der Waals surface area contributed by atoms with Crippen molar-refractivity contribution >= 4 is 0 Å². The zero-order valence-electron chi connectivity index (χ0n) is 13.0. The normalized spacial score (nSPS) is 11.6. The zero-order chi connectivity index (χ0) is 15.7. The minimum absolute atomic E-state index is 0.122. The SMILES string of the molecule is CC(C)(C)c1ccc(-c2ncnn2-c2cccc(O)c2)cc1. The van der Waals surface area contributed by atoms with E-state index in [2.05, 4.69) is 55.1 Å². The van der Waals surface area contributed by atoms with E-state index >= 15 is 0 Å². The van der Waals surface area contributed by atoms with Gasteiger partial charge in [-0.2, -0.15) is 5.10 Å². The van der Waals surface area contributed by atoms with Gasteiger partial charge in [-0.25, -0.2) is 9.67 Å². The highest BCUT2D eigenvalue weighted by atomic mass is 16.3. The minimum Gasteiger partial charge on any atom is -0.508 e. The van der Waals surface area contributed by atoms with Gasteiger partial charge in [0.1, 0.15) is 12.1 Å². The molecule has 2 aromatic carbocycles. The first-order valence-electron chi connectivity index (χ1n) is 7.25. The first-order valence-corrected chi connectivity index (χ1v) is 7.25. The van der Waals surface area contributed by atoms with Crippen molar-refractivity contribution in [2.45, 2.75) is 26.2 Å². The Hall–Kier alpha value is -2.62. The summed E-state index contributed by atoms with van der Waals surface area (Å²) in [6.07, 6.45) is 1.52. The van der Waals surface area contributed by atoms with E-state index in [1.807, 2.05) is 6.07 Å². The molecule has 0 spiro atoms. The highest BCUT2D eigenvalue weighted by molar-refractivity contribution is 5.59. The Morgan fingerprint density at radius 2 is 1.73 bits per heavy atom. The molecule has 4 heteroatoms. The second-order valence-electron chi connectivity index (χ2n) is 6.34. The summed E-state index contributed by atoms with van der Waals surface area (Å²) in [5.74, 6) is 0.966. The zero-order valence-corrected chi connectivity index (χ0v) is 13.0. The molecule has 0 amide bonds. The van der Waals surface area contributed by atoms with Crippen LogP contribution in [0.2, 0.25) is 0 Å². The van der Waals surface area contributed by atoms with Gasteiger partial charge in [-0.05, 0) is 23.1 Å². The van der Waals surface area contributed by atoms with Gasteiger partial charge in [0.2, 0.25) is 0 Å². The lowest BCUT2D eigenvalue weighted by atomic mass is 9.87. The highest BCUT2D eigenvalue weighted by Gasteiger charge is 2.15. The Morgan fingerprint density at radius 3 is 2.36 bits per heavy atom. The number of aromatic hydroxyl groups is 1. The third kappa shape index (κ3) is 2.72. The molecule has 0 unspecified atom stereocenters. The van der Waals surface area contributed by atoms with E-state index in [4.69, 9.17) is 0 Å². The quantitative estimate of drug-likeness (QED) is 0.778. The number of hydrogen-bond donors (Lipinski definition) is 1. The minimum atomic E-state index is 0.122. The van der Waals surface area contributed by atoms with Gasteiger partial charge in [0.05, 0.1) is 5.69 Å². The Balaban J connectivity index is 2.02. The second-order valence-corrected chi connectivity index (χ2v) is 6.34. The monoisotopic (exact) mass is 293 g/mol. The summed E-state index contributed by atoms with van der Waals surface area (Å²) >= 11 is 0.